The van der Waals surface area contributed by atoms with Crippen molar-refractivity contribution in [2.45, 2.75) is 31.7 Å². The maximum Gasteiger partial charge on any atom is 0.228 e. The van der Waals surface area contributed by atoms with E-state index in [1.807, 2.05) is 5.38 Å². The lowest BCUT2D eigenvalue weighted by Gasteiger charge is -2.44. The van der Waals surface area contributed by atoms with Crippen LogP contribution in [0.15, 0.2) is 22.2 Å². The summed E-state index contributed by atoms with van der Waals surface area (Å²) in [6, 6.07) is 2.66. The van der Waals surface area contributed by atoms with Crippen molar-refractivity contribution in [2.75, 3.05) is 26.2 Å². The molecule has 23 heavy (non-hydrogen) atoms. The van der Waals surface area contributed by atoms with Crippen LogP contribution in [0.2, 0.25) is 0 Å². The van der Waals surface area contributed by atoms with Crippen LogP contribution in [0, 0.1) is 0 Å². The Kier molecular flexibility index (Phi) is 4.46. The number of piperidine rings is 1. The molecule has 0 saturated carbocycles. The van der Waals surface area contributed by atoms with Gasteiger partial charge in [-0.2, -0.15) is 11.3 Å². The summed E-state index contributed by atoms with van der Waals surface area (Å²) in [6.45, 7) is 4.02. The van der Waals surface area contributed by atoms with E-state index in [9.17, 15) is 4.79 Å². The van der Waals surface area contributed by atoms with Crippen LogP contribution in [0.25, 0.3) is 10.6 Å². The molecule has 2 fully saturated rings. The Hall–Kier alpha value is -1.24. The number of piperazine rings is 1. The molecule has 4 nitrogen and oxygen atoms in total. The zero-order valence-electron chi connectivity index (χ0n) is 13.1. The topological polar surface area (TPSA) is 36.4 Å². The minimum absolute atomic E-state index is 0.234. The second-order valence-electron chi connectivity index (χ2n) is 6.36. The molecule has 0 bridgehead atoms. The minimum atomic E-state index is 0.234. The van der Waals surface area contributed by atoms with Crippen molar-refractivity contribution in [3.05, 3.63) is 27.9 Å². The maximum absolute atomic E-state index is 12.6. The van der Waals surface area contributed by atoms with E-state index in [1.54, 1.807) is 22.7 Å². The van der Waals surface area contributed by atoms with Gasteiger partial charge in [-0.05, 0) is 30.8 Å². The molecule has 4 rings (SSSR count). The predicted octanol–water partition coefficient (Wildman–Crippen LogP) is 3.11. The molecule has 122 valence electrons. The lowest BCUT2D eigenvalue weighted by atomic mass is 9.99. The molecule has 2 aromatic heterocycles. The molecule has 0 aliphatic carbocycles. The van der Waals surface area contributed by atoms with Crippen molar-refractivity contribution >= 4 is 28.6 Å². The fraction of sp³-hybridized carbons (Fsp3) is 0.529. The van der Waals surface area contributed by atoms with Gasteiger partial charge in [-0.3, -0.25) is 9.69 Å². The first-order valence-corrected chi connectivity index (χ1v) is 10.1. The third kappa shape index (κ3) is 3.34. The van der Waals surface area contributed by atoms with E-state index in [2.05, 4.69) is 31.6 Å². The fourth-order valence-corrected chi connectivity index (χ4v) is 5.09. The van der Waals surface area contributed by atoms with E-state index in [4.69, 9.17) is 0 Å². The Morgan fingerprint density at radius 2 is 2.22 bits per heavy atom. The Morgan fingerprint density at radius 1 is 1.26 bits per heavy atom. The van der Waals surface area contributed by atoms with Crippen LogP contribution in [0.3, 0.4) is 0 Å². The smallest absolute Gasteiger partial charge is 0.228 e. The highest BCUT2D eigenvalue weighted by Gasteiger charge is 2.31. The predicted molar refractivity (Wildman–Crippen MR) is 94.9 cm³/mol. The van der Waals surface area contributed by atoms with Crippen molar-refractivity contribution in [2.24, 2.45) is 0 Å². The van der Waals surface area contributed by atoms with Crippen molar-refractivity contribution in [1.29, 1.82) is 0 Å². The minimum Gasteiger partial charge on any atom is -0.340 e. The van der Waals surface area contributed by atoms with Gasteiger partial charge in [-0.1, -0.05) is 6.42 Å². The molecule has 2 aliphatic heterocycles. The van der Waals surface area contributed by atoms with Crippen molar-refractivity contribution < 1.29 is 4.79 Å². The summed E-state index contributed by atoms with van der Waals surface area (Å²) in [7, 11) is 0. The number of thiophene rings is 1. The molecular weight excluding hydrogens is 326 g/mol. The van der Waals surface area contributed by atoms with E-state index in [0.29, 0.717) is 12.5 Å². The third-order valence-electron chi connectivity index (χ3n) is 4.84. The van der Waals surface area contributed by atoms with Gasteiger partial charge in [0, 0.05) is 42.0 Å². The van der Waals surface area contributed by atoms with Crippen LogP contribution in [-0.2, 0) is 11.2 Å². The van der Waals surface area contributed by atoms with Gasteiger partial charge in [0.1, 0.15) is 5.01 Å². The van der Waals surface area contributed by atoms with Crippen LogP contribution in [0.1, 0.15) is 25.0 Å². The molecule has 6 heteroatoms. The second-order valence-corrected chi connectivity index (χ2v) is 8.00. The summed E-state index contributed by atoms with van der Waals surface area (Å²) in [5.41, 5.74) is 2.07. The average molecular weight is 348 g/mol. The highest BCUT2D eigenvalue weighted by molar-refractivity contribution is 7.14. The van der Waals surface area contributed by atoms with Gasteiger partial charge in [-0.15, -0.1) is 11.3 Å². The van der Waals surface area contributed by atoms with Crippen LogP contribution in [0.5, 0.6) is 0 Å². The number of thiazole rings is 1. The van der Waals surface area contributed by atoms with Gasteiger partial charge in [0.2, 0.25) is 5.91 Å². The number of hydrogen-bond donors (Lipinski definition) is 0. The van der Waals surface area contributed by atoms with E-state index < -0.39 is 0 Å². The van der Waals surface area contributed by atoms with Gasteiger partial charge in [0.15, 0.2) is 0 Å². The zero-order valence-corrected chi connectivity index (χ0v) is 14.7. The molecule has 4 heterocycles. The normalized spacial score (nSPS) is 22.1. The Labute approximate surface area is 144 Å². The van der Waals surface area contributed by atoms with Crippen LogP contribution >= 0.6 is 22.7 Å². The zero-order chi connectivity index (χ0) is 15.6. The lowest BCUT2D eigenvalue weighted by Crippen LogP contribution is -2.56. The van der Waals surface area contributed by atoms with Gasteiger partial charge in [-0.25, -0.2) is 4.98 Å². The van der Waals surface area contributed by atoms with E-state index >= 15 is 0 Å². The fourth-order valence-electron chi connectivity index (χ4n) is 3.56. The second kappa shape index (κ2) is 6.71. The van der Waals surface area contributed by atoms with Gasteiger partial charge < -0.3 is 4.90 Å². The number of aromatic nitrogens is 1. The van der Waals surface area contributed by atoms with E-state index in [-0.39, 0.29) is 5.91 Å². The number of fused-ring (bicyclic) bond motifs is 1. The summed E-state index contributed by atoms with van der Waals surface area (Å²) in [4.78, 5) is 21.9. The molecule has 1 atom stereocenters. The summed E-state index contributed by atoms with van der Waals surface area (Å²) in [5.74, 6) is 0.234. The highest BCUT2D eigenvalue weighted by Crippen LogP contribution is 2.26. The monoisotopic (exact) mass is 347 g/mol. The molecule has 0 N–H and O–H groups in total. The quantitative estimate of drug-likeness (QED) is 0.856. The number of amides is 1. The summed E-state index contributed by atoms with van der Waals surface area (Å²) < 4.78 is 0. The molecule has 0 radical (unpaired) electrons. The van der Waals surface area contributed by atoms with Crippen molar-refractivity contribution in [3.63, 3.8) is 0 Å². The van der Waals surface area contributed by atoms with Crippen molar-refractivity contribution in [3.8, 4) is 10.6 Å². The molecular formula is C17H21N3OS2. The summed E-state index contributed by atoms with van der Waals surface area (Å²) in [5, 5.41) is 7.21. The van der Waals surface area contributed by atoms with Crippen molar-refractivity contribution in [1.82, 2.24) is 14.8 Å². The first kappa shape index (κ1) is 15.3. The first-order chi connectivity index (χ1) is 11.3. The lowest BCUT2D eigenvalue weighted by molar-refractivity contribution is -0.134. The highest BCUT2D eigenvalue weighted by atomic mass is 32.1. The standard InChI is InChI=1S/C17H21N3OS2/c21-16(20-7-6-19-5-2-1-3-15(19)10-20)9-14-12-23-17(18-14)13-4-8-22-11-13/h4,8,11-12,15H,1-3,5-7,9-10H2/t15-/m1/s1. The molecule has 0 spiro atoms. The van der Waals surface area contributed by atoms with Crippen LogP contribution < -0.4 is 0 Å². The summed E-state index contributed by atoms with van der Waals surface area (Å²) >= 11 is 3.31. The van der Waals surface area contributed by atoms with Gasteiger partial charge in [0.05, 0.1) is 12.1 Å². The van der Waals surface area contributed by atoms with E-state index in [1.165, 1.54) is 25.8 Å². The van der Waals surface area contributed by atoms with Crippen LogP contribution in [0.4, 0.5) is 0 Å². The number of rotatable bonds is 3. The van der Waals surface area contributed by atoms with E-state index in [0.717, 1.165) is 35.9 Å². The molecule has 0 unspecified atom stereocenters. The van der Waals surface area contributed by atoms with Gasteiger partial charge >= 0.3 is 0 Å². The molecule has 0 aromatic carbocycles. The molecule has 2 aromatic rings. The Balaban J connectivity index is 1.38. The molecule has 1 amide bonds. The maximum atomic E-state index is 12.6. The Bertz CT molecular complexity index is 667. The largest absolute Gasteiger partial charge is 0.340 e. The third-order valence-corrected chi connectivity index (χ3v) is 6.47. The number of hydrogen-bond acceptors (Lipinski definition) is 5. The average Bonchev–Trinajstić information content (AvgIpc) is 3.25. The van der Waals surface area contributed by atoms with Gasteiger partial charge in [0.25, 0.3) is 0 Å². The summed E-state index contributed by atoms with van der Waals surface area (Å²) in [6.07, 6.45) is 4.30. The number of carbonyl (C=O) groups is 1. The first-order valence-electron chi connectivity index (χ1n) is 8.28. The SMILES string of the molecule is O=C(Cc1csc(-c2ccsc2)n1)N1CCN2CCCC[C@@H]2C1. The molecule has 2 saturated heterocycles. The Morgan fingerprint density at radius 3 is 3.09 bits per heavy atom. The number of nitrogens with zero attached hydrogens (tertiary/aromatic N) is 3. The molecule has 2 aliphatic rings. The number of carbonyl (C=O) groups excluding carboxylic acids is 1. The van der Waals surface area contributed by atoms with Crippen LogP contribution in [-0.4, -0.2) is 52.9 Å².